The van der Waals surface area contributed by atoms with Gasteiger partial charge in [0.05, 0.1) is 5.56 Å². The summed E-state index contributed by atoms with van der Waals surface area (Å²) in [5, 5.41) is 10.2. The number of rotatable bonds is 5. The lowest BCUT2D eigenvalue weighted by atomic mass is 9.89. The summed E-state index contributed by atoms with van der Waals surface area (Å²) in [6, 6.07) is 15.5. The number of nitrogens with one attached hydrogen (secondary N) is 1. The zero-order chi connectivity index (χ0) is 21.3. The van der Waals surface area contributed by atoms with E-state index in [2.05, 4.69) is 4.98 Å². The molecule has 3 aromatic rings. The van der Waals surface area contributed by atoms with Gasteiger partial charge in [0, 0.05) is 30.2 Å². The Labute approximate surface area is 175 Å². The SMILES string of the molecule is CC(C)(Oc1cccc(C2CCN(C(=O)c3c[nH]c4ccccc34)CC2)c1)C(=O)O. The van der Waals surface area contributed by atoms with Gasteiger partial charge >= 0.3 is 5.97 Å². The topological polar surface area (TPSA) is 82.6 Å². The van der Waals surface area contributed by atoms with Crippen LogP contribution in [0, 0.1) is 0 Å². The Balaban J connectivity index is 1.43. The standard InChI is InChI=1S/C24H26N2O4/c1-24(2,23(28)29)30-18-7-5-6-17(14-18)16-10-12-26(13-11-16)22(27)20-15-25-21-9-4-3-8-19(20)21/h3-9,14-16,25H,10-13H2,1-2H3,(H,28,29). The Morgan fingerprint density at radius 1 is 1.10 bits per heavy atom. The largest absolute Gasteiger partial charge is 0.478 e. The highest BCUT2D eigenvalue weighted by Crippen LogP contribution is 2.32. The van der Waals surface area contributed by atoms with Crippen molar-refractivity contribution in [1.82, 2.24) is 9.88 Å². The first kappa shape index (κ1) is 20.0. The van der Waals surface area contributed by atoms with Gasteiger partial charge in [0.2, 0.25) is 0 Å². The number of para-hydroxylation sites is 1. The van der Waals surface area contributed by atoms with Gasteiger partial charge in [-0.3, -0.25) is 4.79 Å². The second-order valence-corrected chi connectivity index (χ2v) is 8.30. The summed E-state index contributed by atoms with van der Waals surface area (Å²) in [6.07, 6.45) is 3.52. The summed E-state index contributed by atoms with van der Waals surface area (Å²) in [5.41, 5.74) is 1.52. The number of amides is 1. The minimum absolute atomic E-state index is 0.0613. The number of carboxylic acid groups (broad SMARTS) is 1. The number of carbonyl (C=O) groups is 2. The molecular formula is C24H26N2O4. The summed E-state index contributed by atoms with van der Waals surface area (Å²) in [5.74, 6) is -0.0751. The molecule has 2 heterocycles. The molecule has 6 nitrogen and oxygen atoms in total. The van der Waals surface area contributed by atoms with Crippen molar-refractivity contribution in [2.75, 3.05) is 13.1 Å². The van der Waals surface area contributed by atoms with Crippen LogP contribution in [0.1, 0.15) is 48.5 Å². The molecule has 1 fully saturated rings. The minimum Gasteiger partial charge on any atom is -0.478 e. The molecule has 0 saturated carbocycles. The molecule has 0 unspecified atom stereocenters. The number of fused-ring (bicyclic) bond motifs is 1. The lowest BCUT2D eigenvalue weighted by Gasteiger charge is -2.32. The summed E-state index contributed by atoms with van der Waals surface area (Å²) in [4.78, 5) is 29.4. The van der Waals surface area contributed by atoms with Crippen molar-refractivity contribution in [3.63, 3.8) is 0 Å². The van der Waals surface area contributed by atoms with Crippen LogP contribution in [0.2, 0.25) is 0 Å². The summed E-state index contributed by atoms with van der Waals surface area (Å²) in [7, 11) is 0. The molecule has 2 N–H and O–H groups in total. The maximum absolute atomic E-state index is 13.0. The third-order valence-electron chi connectivity index (χ3n) is 5.82. The van der Waals surface area contributed by atoms with Crippen LogP contribution in [0.25, 0.3) is 10.9 Å². The van der Waals surface area contributed by atoms with E-state index < -0.39 is 11.6 Å². The van der Waals surface area contributed by atoms with E-state index in [1.54, 1.807) is 12.3 Å². The van der Waals surface area contributed by atoms with Crippen LogP contribution in [-0.4, -0.2) is 45.6 Å². The predicted molar refractivity (Wildman–Crippen MR) is 115 cm³/mol. The summed E-state index contributed by atoms with van der Waals surface area (Å²) < 4.78 is 5.68. The molecule has 0 spiro atoms. The van der Waals surface area contributed by atoms with Crippen molar-refractivity contribution in [1.29, 1.82) is 0 Å². The van der Waals surface area contributed by atoms with E-state index in [0.29, 0.717) is 24.8 Å². The second-order valence-electron chi connectivity index (χ2n) is 8.30. The second kappa shape index (κ2) is 7.86. The van der Waals surface area contributed by atoms with Crippen LogP contribution >= 0.6 is 0 Å². The number of carbonyl (C=O) groups excluding carboxylic acids is 1. The number of hydrogen-bond donors (Lipinski definition) is 2. The number of carboxylic acids is 1. The average Bonchev–Trinajstić information content (AvgIpc) is 3.17. The van der Waals surface area contributed by atoms with Crippen LogP contribution in [-0.2, 0) is 4.79 Å². The molecule has 0 bridgehead atoms. The highest BCUT2D eigenvalue weighted by molar-refractivity contribution is 6.06. The fourth-order valence-electron chi connectivity index (χ4n) is 4.00. The molecular weight excluding hydrogens is 380 g/mol. The smallest absolute Gasteiger partial charge is 0.347 e. The van der Waals surface area contributed by atoms with Crippen molar-refractivity contribution in [3.8, 4) is 5.75 Å². The van der Waals surface area contributed by atoms with Gasteiger partial charge in [0.15, 0.2) is 5.60 Å². The van der Waals surface area contributed by atoms with Crippen molar-refractivity contribution in [2.45, 2.75) is 38.2 Å². The zero-order valence-corrected chi connectivity index (χ0v) is 17.2. The highest BCUT2D eigenvalue weighted by atomic mass is 16.5. The number of aliphatic carboxylic acids is 1. The van der Waals surface area contributed by atoms with Gasteiger partial charge in [0.1, 0.15) is 5.75 Å². The van der Waals surface area contributed by atoms with E-state index in [0.717, 1.165) is 34.9 Å². The molecule has 1 aromatic heterocycles. The molecule has 30 heavy (non-hydrogen) atoms. The van der Waals surface area contributed by atoms with E-state index in [1.165, 1.54) is 13.8 Å². The van der Waals surface area contributed by atoms with Crippen LogP contribution in [0.3, 0.4) is 0 Å². The highest BCUT2D eigenvalue weighted by Gasteiger charge is 2.30. The lowest BCUT2D eigenvalue weighted by molar-refractivity contribution is -0.152. The Bertz CT molecular complexity index is 1080. The fourth-order valence-corrected chi connectivity index (χ4v) is 4.00. The van der Waals surface area contributed by atoms with Crippen molar-refractivity contribution in [2.24, 2.45) is 0 Å². The molecule has 1 aliphatic heterocycles. The van der Waals surface area contributed by atoms with Gasteiger partial charge < -0.3 is 19.7 Å². The predicted octanol–water partition coefficient (Wildman–Crippen LogP) is 4.43. The van der Waals surface area contributed by atoms with Crippen LogP contribution in [0.5, 0.6) is 5.75 Å². The molecule has 1 saturated heterocycles. The quantitative estimate of drug-likeness (QED) is 0.657. The van der Waals surface area contributed by atoms with Crippen LogP contribution in [0.4, 0.5) is 0 Å². The number of ether oxygens (including phenoxy) is 1. The Hall–Kier alpha value is -3.28. The molecule has 0 atom stereocenters. The third kappa shape index (κ3) is 3.90. The lowest BCUT2D eigenvalue weighted by Crippen LogP contribution is -2.38. The average molecular weight is 406 g/mol. The van der Waals surface area contributed by atoms with Gasteiger partial charge in [-0.05, 0) is 56.4 Å². The fraction of sp³-hybridized carbons (Fsp3) is 0.333. The van der Waals surface area contributed by atoms with Crippen LogP contribution < -0.4 is 4.74 Å². The maximum atomic E-state index is 13.0. The van der Waals surface area contributed by atoms with Gasteiger partial charge in [-0.1, -0.05) is 30.3 Å². The van der Waals surface area contributed by atoms with E-state index >= 15 is 0 Å². The van der Waals surface area contributed by atoms with Crippen LogP contribution in [0.15, 0.2) is 54.7 Å². The van der Waals surface area contributed by atoms with Gasteiger partial charge in [-0.15, -0.1) is 0 Å². The number of hydrogen-bond acceptors (Lipinski definition) is 3. The molecule has 0 radical (unpaired) electrons. The molecule has 1 amide bonds. The number of aromatic nitrogens is 1. The minimum atomic E-state index is -1.28. The molecule has 1 aliphatic rings. The number of benzene rings is 2. The Kier molecular flexibility index (Phi) is 5.24. The third-order valence-corrected chi connectivity index (χ3v) is 5.82. The van der Waals surface area contributed by atoms with E-state index in [1.807, 2.05) is 47.4 Å². The van der Waals surface area contributed by atoms with Gasteiger partial charge in [0.25, 0.3) is 5.91 Å². The van der Waals surface area contributed by atoms with Crippen molar-refractivity contribution in [3.05, 3.63) is 65.9 Å². The van der Waals surface area contributed by atoms with Crippen molar-refractivity contribution < 1.29 is 19.4 Å². The van der Waals surface area contributed by atoms with Gasteiger partial charge in [-0.2, -0.15) is 0 Å². The first-order valence-electron chi connectivity index (χ1n) is 10.2. The van der Waals surface area contributed by atoms with Gasteiger partial charge in [-0.25, -0.2) is 4.79 Å². The zero-order valence-electron chi connectivity index (χ0n) is 17.2. The number of aromatic amines is 1. The number of likely N-dealkylation sites (tertiary alicyclic amines) is 1. The number of nitrogens with zero attached hydrogens (tertiary/aromatic N) is 1. The van der Waals surface area contributed by atoms with E-state index in [-0.39, 0.29) is 5.91 Å². The Morgan fingerprint density at radius 2 is 1.83 bits per heavy atom. The number of H-pyrrole nitrogens is 1. The maximum Gasteiger partial charge on any atom is 0.347 e. The summed E-state index contributed by atoms with van der Waals surface area (Å²) in [6.45, 7) is 4.46. The van der Waals surface area contributed by atoms with Crippen molar-refractivity contribution >= 4 is 22.8 Å². The summed E-state index contributed by atoms with van der Waals surface area (Å²) >= 11 is 0. The first-order valence-corrected chi connectivity index (χ1v) is 10.2. The molecule has 156 valence electrons. The molecule has 0 aliphatic carbocycles. The molecule has 6 heteroatoms. The molecule has 4 rings (SSSR count). The monoisotopic (exact) mass is 406 g/mol. The van der Waals surface area contributed by atoms with E-state index in [4.69, 9.17) is 4.74 Å². The number of piperidine rings is 1. The normalized spacial score (nSPS) is 15.3. The first-order chi connectivity index (χ1) is 14.3. The Morgan fingerprint density at radius 3 is 2.57 bits per heavy atom. The van der Waals surface area contributed by atoms with E-state index in [9.17, 15) is 14.7 Å². The molecule has 2 aromatic carbocycles.